The highest BCUT2D eigenvalue weighted by Crippen LogP contribution is 2.53. The molecule has 9 rings (SSSR count). The number of aliphatic carboxylic acids is 1. The summed E-state index contributed by atoms with van der Waals surface area (Å²) in [6.45, 7) is 4.14. The summed E-state index contributed by atoms with van der Waals surface area (Å²) in [4.78, 5) is 16.2. The Kier molecular flexibility index (Phi) is 8.78. The molecule has 3 aromatic heterocycles. The fraction of sp³-hybridized carbons (Fsp3) is 0.0638. The van der Waals surface area contributed by atoms with E-state index in [0.29, 0.717) is 30.3 Å². The Morgan fingerprint density at radius 1 is 0.661 bits per heavy atom. The highest BCUT2D eigenvalue weighted by Gasteiger charge is 2.36. The van der Waals surface area contributed by atoms with Crippen molar-refractivity contribution < 1.29 is 18.7 Å². The van der Waals surface area contributed by atoms with Crippen LogP contribution in [-0.4, -0.2) is 11.1 Å². The highest BCUT2D eigenvalue weighted by atomic mass is 32.1. The second kappa shape index (κ2) is 13.8. The van der Waals surface area contributed by atoms with Crippen LogP contribution in [0.5, 0.6) is 0 Å². The van der Waals surface area contributed by atoms with Gasteiger partial charge in [0, 0.05) is 32.2 Å². The molecule has 1 aliphatic rings. The summed E-state index contributed by atoms with van der Waals surface area (Å²) >= 11 is 3.77. The number of hydrogen-bond donors (Lipinski definition) is 1. The minimum absolute atomic E-state index is 0.310. The number of rotatable bonds is 8. The van der Waals surface area contributed by atoms with Gasteiger partial charge in [-0.15, -0.1) is 34.0 Å². The summed E-state index contributed by atoms with van der Waals surface area (Å²) in [6, 6.07) is 45.9. The Hall–Kier alpha value is -6.18. The van der Waals surface area contributed by atoms with Gasteiger partial charge in [-0.1, -0.05) is 92.7 Å². The molecule has 3 heterocycles. The number of carbonyl (C=O) groups is 1. The van der Waals surface area contributed by atoms with E-state index >= 15 is 8.78 Å². The average Bonchev–Trinajstić information content (AvgIpc) is 3.97. The first-order chi connectivity index (χ1) is 27.1. The molecule has 0 saturated heterocycles. The molecular weight excluding hydrogens is 759 g/mol. The van der Waals surface area contributed by atoms with Gasteiger partial charge in [-0.2, -0.15) is 5.26 Å². The molecule has 0 radical (unpaired) electrons. The fourth-order valence-electron chi connectivity index (χ4n) is 7.51. The van der Waals surface area contributed by atoms with E-state index in [0.717, 1.165) is 77.3 Å². The predicted molar refractivity (Wildman–Crippen MR) is 227 cm³/mol. The third-order valence-corrected chi connectivity index (χ3v) is 14.1. The molecule has 9 heteroatoms. The summed E-state index contributed by atoms with van der Waals surface area (Å²) in [5, 5.41) is 18.6. The largest absolute Gasteiger partial charge is 0.477 e. The van der Waals surface area contributed by atoms with Crippen molar-refractivity contribution in [3.05, 3.63) is 167 Å². The molecule has 0 amide bonds. The normalized spacial score (nSPS) is 13.0. The maximum atomic E-state index is 16.3. The number of benzene rings is 5. The van der Waals surface area contributed by atoms with Gasteiger partial charge in [-0.25, -0.2) is 13.6 Å². The van der Waals surface area contributed by atoms with Crippen LogP contribution in [0.15, 0.2) is 139 Å². The summed E-state index contributed by atoms with van der Waals surface area (Å²) < 4.78 is 33.1. The maximum Gasteiger partial charge on any atom is 0.346 e. The number of carboxylic acid groups (broad SMARTS) is 1. The Morgan fingerprint density at radius 2 is 1.20 bits per heavy atom. The SMILES string of the molecule is CC1(C)c2cc(/C=C(\C#N)C(=O)O)ccc2-c2ccc(-c3sc4c(F)c(-c5ccc(-c6ccc(N(c7ccccc7)c7ccccc7)cc6)s5)sc4c3F)cc21. The van der Waals surface area contributed by atoms with Crippen molar-refractivity contribution in [2.24, 2.45) is 0 Å². The molecule has 8 aromatic rings. The first-order valence-electron chi connectivity index (χ1n) is 17.8. The Labute approximate surface area is 334 Å². The van der Waals surface area contributed by atoms with E-state index in [1.807, 2.05) is 78.9 Å². The van der Waals surface area contributed by atoms with E-state index in [1.165, 1.54) is 17.4 Å². The van der Waals surface area contributed by atoms with Gasteiger partial charge in [0.25, 0.3) is 0 Å². The van der Waals surface area contributed by atoms with E-state index in [1.54, 1.807) is 12.1 Å². The first-order valence-corrected chi connectivity index (χ1v) is 20.2. The number of hydrogen-bond acceptors (Lipinski definition) is 6. The van der Waals surface area contributed by atoms with Crippen LogP contribution in [0.25, 0.3) is 57.2 Å². The summed E-state index contributed by atoms with van der Waals surface area (Å²) in [5.41, 5.74) is 8.58. The molecule has 0 spiro atoms. The van der Waals surface area contributed by atoms with Crippen LogP contribution >= 0.6 is 34.0 Å². The van der Waals surface area contributed by atoms with Crippen molar-refractivity contribution in [1.29, 1.82) is 5.26 Å². The summed E-state index contributed by atoms with van der Waals surface area (Å²) in [6.07, 6.45) is 1.37. The van der Waals surface area contributed by atoms with E-state index < -0.39 is 23.0 Å². The van der Waals surface area contributed by atoms with Crippen LogP contribution in [0, 0.1) is 23.0 Å². The van der Waals surface area contributed by atoms with Crippen molar-refractivity contribution in [2.75, 3.05) is 4.90 Å². The van der Waals surface area contributed by atoms with Gasteiger partial charge in [-0.05, 0) is 99.6 Å². The summed E-state index contributed by atoms with van der Waals surface area (Å²) in [5.74, 6) is -2.11. The predicted octanol–water partition coefficient (Wildman–Crippen LogP) is 14.1. The van der Waals surface area contributed by atoms with Gasteiger partial charge in [0.05, 0.1) is 19.2 Å². The monoisotopic (exact) mass is 788 g/mol. The molecule has 4 nitrogen and oxygen atoms in total. The Bertz CT molecular complexity index is 2860. The zero-order valence-electron chi connectivity index (χ0n) is 30.0. The number of nitriles is 1. The van der Waals surface area contributed by atoms with Gasteiger partial charge in [0.15, 0.2) is 11.6 Å². The third-order valence-electron chi connectivity index (χ3n) is 10.3. The lowest BCUT2D eigenvalue weighted by molar-refractivity contribution is -0.132. The topological polar surface area (TPSA) is 64.3 Å². The number of anilines is 3. The molecule has 0 fully saturated rings. The van der Waals surface area contributed by atoms with Gasteiger partial charge in [0.1, 0.15) is 11.6 Å². The van der Waals surface area contributed by atoms with Crippen LogP contribution in [0.1, 0.15) is 30.5 Å². The van der Waals surface area contributed by atoms with Crippen molar-refractivity contribution in [3.8, 4) is 47.8 Å². The average molecular weight is 789 g/mol. The van der Waals surface area contributed by atoms with Crippen LogP contribution < -0.4 is 4.90 Å². The standard InChI is InChI=1S/C47H30F2N2O2S3/c1-47(2)36-24-27(23-30(26-50)46(52)53)13-19-34(36)35-20-16-29(25-37(35)47)42-40(48)44-45(55-42)41(49)43(56-44)39-22-21-38(54-39)28-14-17-33(18-15-28)51(31-9-5-3-6-10-31)32-11-7-4-8-12-32/h3-25H,1-2H3,(H,52,53)/b30-23+. The lowest BCUT2D eigenvalue weighted by Crippen LogP contribution is -2.15. The third kappa shape index (κ3) is 5.94. The van der Waals surface area contributed by atoms with Crippen molar-refractivity contribution >= 4 is 72.5 Å². The lowest BCUT2D eigenvalue weighted by atomic mass is 9.81. The van der Waals surface area contributed by atoms with Crippen LogP contribution in [0.4, 0.5) is 25.8 Å². The number of para-hydroxylation sites is 2. The van der Waals surface area contributed by atoms with E-state index in [-0.39, 0.29) is 5.57 Å². The van der Waals surface area contributed by atoms with Gasteiger partial charge < -0.3 is 10.0 Å². The number of carboxylic acids is 1. The number of thiophene rings is 3. The van der Waals surface area contributed by atoms with E-state index in [4.69, 9.17) is 0 Å². The van der Waals surface area contributed by atoms with E-state index in [2.05, 4.69) is 67.3 Å². The quantitative estimate of drug-likeness (QED) is 0.123. The van der Waals surface area contributed by atoms with Gasteiger partial charge >= 0.3 is 5.97 Å². The highest BCUT2D eigenvalue weighted by molar-refractivity contribution is 7.32. The fourth-order valence-corrected chi connectivity index (χ4v) is 11.0. The zero-order chi connectivity index (χ0) is 38.7. The van der Waals surface area contributed by atoms with Crippen LogP contribution in [0.2, 0.25) is 0 Å². The molecule has 0 aliphatic heterocycles. The second-order valence-electron chi connectivity index (χ2n) is 14.0. The van der Waals surface area contributed by atoms with Crippen LogP contribution in [0.3, 0.4) is 0 Å². The van der Waals surface area contributed by atoms with Crippen molar-refractivity contribution in [1.82, 2.24) is 0 Å². The smallest absolute Gasteiger partial charge is 0.346 e. The summed E-state index contributed by atoms with van der Waals surface area (Å²) in [7, 11) is 0. The molecule has 5 aromatic carbocycles. The number of halogens is 2. The van der Waals surface area contributed by atoms with Crippen LogP contribution in [-0.2, 0) is 10.2 Å². The molecule has 0 unspecified atom stereocenters. The molecule has 272 valence electrons. The van der Waals surface area contributed by atoms with E-state index in [9.17, 15) is 15.2 Å². The molecule has 1 aliphatic carbocycles. The molecule has 1 N–H and O–H groups in total. The number of fused-ring (bicyclic) bond motifs is 4. The Morgan fingerprint density at radius 3 is 1.82 bits per heavy atom. The molecule has 0 bridgehead atoms. The van der Waals surface area contributed by atoms with Crippen molar-refractivity contribution in [3.63, 3.8) is 0 Å². The molecule has 0 saturated carbocycles. The molecular formula is C47H30F2N2O2S3. The number of nitrogens with zero attached hydrogens (tertiary/aromatic N) is 2. The first kappa shape index (κ1) is 35.5. The second-order valence-corrected chi connectivity index (χ2v) is 17.2. The Balaban J connectivity index is 0.997. The van der Waals surface area contributed by atoms with Gasteiger partial charge in [-0.3, -0.25) is 0 Å². The molecule has 56 heavy (non-hydrogen) atoms. The minimum atomic E-state index is -1.28. The minimum Gasteiger partial charge on any atom is -0.477 e. The zero-order valence-corrected chi connectivity index (χ0v) is 32.5. The molecule has 0 atom stereocenters. The van der Waals surface area contributed by atoms with Gasteiger partial charge in [0.2, 0.25) is 0 Å². The lowest BCUT2D eigenvalue weighted by Gasteiger charge is -2.25. The van der Waals surface area contributed by atoms with Crippen molar-refractivity contribution in [2.45, 2.75) is 19.3 Å². The maximum absolute atomic E-state index is 16.3.